The molecule has 2 aromatic rings. The van der Waals surface area contributed by atoms with E-state index in [-0.39, 0.29) is 30.4 Å². The lowest BCUT2D eigenvalue weighted by Gasteiger charge is -2.14. The van der Waals surface area contributed by atoms with Gasteiger partial charge in [0.1, 0.15) is 6.23 Å². The summed E-state index contributed by atoms with van der Waals surface area (Å²) in [5.74, 6) is 0.0879. The molecule has 2 aromatic heterocycles. The fourth-order valence-electron chi connectivity index (χ4n) is 2.37. The highest BCUT2D eigenvalue weighted by Crippen LogP contribution is 2.32. The molecule has 102 valence electrons. The van der Waals surface area contributed by atoms with Crippen LogP contribution >= 0.6 is 22.6 Å². The first-order valence-electron chi connectivity index (χ1n) is 5.92. The summed E-state index contributed by atoms with van der Waals surface area (Å²) in [5.41, 5.74) is 5.87. The third kappa shape index (κ3) is 2.13. The minimum atomic E-state index is -0.248. The summed E-state index contributed by atoms with van der Waals surface area (Å²) in [6.45, 7) is 0.00292. The van der Waals surface area contributed by atoms with Crippen molar-refractivity contribution in [3.63, 3.8) is 0 Å². The number of nitrogens with zero attached hydrogens (tertiary/aromatic N) is 2. The predicted molar refractivity (Wildman–Crippen MR) is 77.7 cm³/mol. The van der Waals surface area contributed by atoms with E-state index in [0.29, 0.717) is 11.0 Å². The van der Waals surface area contributed by atoms with Gasteiger partial charge in [-0.25, -0.2) is 0 Å². The van der Waals surface area contributed by atoms with Gasteiger partial charge in [-0.2, -0.15) is 4.98 Å². The largest absolute Gasteiger partial charge is 0.394 e. The number of H-pyrrole nitrogens is 1. The van der Waals surface area contributed by atoms with Gasteiger partial charge in [0.25, 0.3) is 5.56 Å². The molecule has 0 radical (unpaired) electrons. The van der Waals surface area contributed by atoms with Crippen molar-refractivity contribution in [2.75, 3.05) is 12.3 Å². The first-order chi connectivity index (χ1) is 9.10. The molecule has 1 fully saturated rings. The lowest BCUT2D eigenvalue weighted by molar-refractivity contribution is -0.0205. The van der Waals surface area contributed by atoms with Gasteiger partial charge >= 0.3 is 0 Å². The molecule has 0 unspecified atom stereocenters. The summed E-state index contributed by atoms with van der Waals surface area (Å²) in [4.78, 5) is 18.6. The van der Waals surface area contributed by atoms with Crippen molar-refractivity contribution < 1.29 is 9.84 Å². The average molecular weight is 376 g/mol. The fraction of sp³-hybridized carbons (Fsp3) is 0.455. The predicted octanol–water partition coefficient (Wildman–Crippen LogP) is 0.581. The molecule has 0 aromatic carbocycles. The van der Waals surface area contributed by atoms with Crippen LogP contribution in [0.2, 0.25) is 0 Å². The molecule has 1 saturated heterocycles. The molecule has 0 saturated carbocycles. The molecule has 0 bridgehead atoms. The SMILES string of the molecule is Nc1nc2c(c(I)cn2[C@H]2CC[C@@H](CO)O2)c(=O)[nH]1. The molecule has 3 rings (SSSR count). The van der Waals surface area contributed by atoms with Crippen molar-refractivity contribution in [2.24, 2.45) is 0 Å². The second-order valence-corrected chi connectivity index (χ2v) is 5.67. The Morgan fingerprint density at radius 3 is 3.11 bits per heavy atom. The van der Waals surface area contributed by atoms with Crippen molar-refractivity contribution in [3.05, 3.63) is 20.1 Å². The number of nitrogens with one attached hydrogen (secondary N) is 1. The molecule has 3 heterocycles. The zero-order valence-corrected chi connectivity index (χ0v) is 12.1. The van der Waals surface area contributed by atoms with Crippen LogP contribution < -0.4 is 11.3 Å². The fourth-order valence-corrected chi connectivity index (χ4v) is 3.16. The maximum Gasteiger partial charge on any atom is 0.262 e. The van der Waals surface area contributed by atoms with Crippen LogP contribution in [-0.4, -0.2) is 32.4 Å². The minimum absolute atomic E-state index is 0.00292. The number of halogens is 1. The topological polar surface area (TPSA) is 106 Å². The van der Waals surface area contributed by atoms with E-state index >= 15 is 0 Å². The van der Waals surface area contributed by atoms with Crippen molar-refractivity contribution >= 4 is 39.6 Å². The third-order valence-corrected chi connectivity index (χ3v) is 4.07. The second kappa shape index (κ2) is 4.76. The Hall–Kier alpha value is -1.13. The number of hydrogen-bond acceptors (Lipinski definition) is 5. The minimum Gasteiger partial charge on any atom is -0.394 e. The average Bonchev–Trinajstić information content (AvgIpc) is 2.93. The quantitative estimate of drug-likeness (QED) is 0.665. The van der Waals surface area contributed by atoms with Gasteiger partial charge in [-0.1, -0.05) is 0 Å². The summed E-state index contributed by atoms with van der Waals surface area (Å²) in [5, 5.41) is 9.63. The van der Waals surface area contributed by atoms with Crippen molar-refractivity contribution in [1.82, 2.24) is 14.5 Å². The van der Waals surface area contributed by atoms with Gasteiger partial charge in [0.2, 0.25) is 5.95 Å². The van der Waals surface area contributed by atoms with E-state index in [1.54, 1.807) is 0 Å². The van der Waals surface area contributed by atoms with E-state index < -0.39 is 0 Å². The van der Waals surface area contributed by atoms with E-state index in [0.717, 1.165) is 16.4 Å². The number of nitrogens with two attached hydrogens (primary N) is 1. The number of aliphatic hydroxyl groups is 1. The Balaban J connectivity index is 2.12. The molecule has 19 heavy (non-hydrogen) atoms. The van der Waals surface area contributed by atoms with Crippen LogP contribution in [0.4, 0.5) is 5.95 Å². The molecular formula is C11H13IN4O3. The van der Waals surface area contributed by atoms with Gasteiger partial charge in [-0.05, 0) is 35.4 Å². The van der Waals surface area contributed by atoms with Crippen LogP contribution in [0.15, 0.2) is 11.0 Å². The molecule has 1 aliphatic rings. The molecule has 0 spiro atoms. The summed E-state index contributed by atoms with van der Waals surface area (Å²) in [6, 6.07) is 0. The monoisotopic (exact) mass is 376 g/mol. The van der Waals surface area contributed by atoms with Crippen molar-refractivity contribution in [1.29, 1.82) is 0 Å². The summed E-state index contributed by atoms with van der Waals surface area (Å²) in [6.07, 6.45) is 3.03. The third-order valence-electron chi connectivity index (χ3n) is 3.25. The van der Waals surface area contributed by atoms with Gasteiger partial charge in [0, 0.05) is 9.77 Å². The van der Waals surface area contributed by atoms with Crippen LogP contribution in [-0.2, 0) is 4.74 Å². The summed E-state index contributed by atoms with van der Waals surface area (Å²) >= 11 is 2.09. The van der Waals surface area contributed by atoms with Gasteiger partial charge in [-0.15, -0.1) is 0 Å². The first kappa shape index (κ1) is 12.9. The first-order valence-corrected chi connectivity index (χ1v) is 7.00. The molecule has 8 heteroatoms. The van der Waals surface area contributed by atoms with Gasteiger partial charge in [-0.3, -0.25) is 9.78 Å². The normalized spacial score (nSPS) is 23.3. The zero-order chi connectivity index (χ0) is 13.6. The van der Waals surface area contributed by atoms with Gasteiger partial charge in [0.15, 0.2) is 5.65 Å². The Morgan fingerprint density at radius 2 is 2.42 bits per heavy atom. The lowest BCUT2D eigenvalue weighted by Crippen LogP contribution is -2.16. The van der Waals surface area contributed by atoms with Crippen LogP contribution in [0.1, 0.15) is 19.1 Å². The molecule has 4 N–H and O–H groups in total. The lowest BCUT2D eigenvalue weighted by atomic mass is 10.2. The van der Waals surface area contributed by atoms with Crippen LogP contribution in [0.3, 0.4) is 0 Å². The van der Waals surface area contributed by atoms with E-state index in [1.165, 1.54) is 0 Å². The highest BCUT2D eigenvalue weighted by atomic mass is 127. The van der Waals surface area contributed by atoms with Crippen LogP contribution in [0, 0.1) is 3.57 Å². The highest BCUT2D eigenvalue weighted by Gasteiger charge is 2.28. The number of aromatic nitrogens is 3. The number of ether oxygens (including phenoxy) is 1. The molecular weight excluding hydrogens is 363 g/mol. The molecule has 1 aliphatic heterocycles. The maximum absolute atomic E-state index is 11.9. The Labute approximate surface area is 121 Å². The Bertz CT molecular complexity index is 680. The number of anilines is 1. The number of rotatable bonds is 2. The highest BCUT2D eigenvalue weighted by molar-refractivity contribution is 14.1. The zero-order valence-electron chi connectivity index (χ0n) is 9.97. The maximum atomic E-state index is 11.9. The van der Waals surface area contributed by atoms with Crippen LogP contribution in [0.25, 0.3) is 11.0 Å². The molecule has 7 nitrogen and oxygen atoms in total. The smallest absolute Gasteiger partial charge is 0.262 e. The molecule has 0 aliphatic carbocycles. The van der Waals surface area contributed by atoms with Crippen molar-refractivity contribution in [3.8, 4) is 0 Å². The Kier molecular flexibility index (Phi) is 3.23. The van der Waals surface area contributed by atoms with Crippen molar-refractivity contribution in [2.45, 2.75) is 25.2 Å². The van der Waals surface area contributed by atoms with Gasteiger partial charge < -0.3 is 20.1 Å². The molecule has 0 amide bonds. The number of aromatic amines is 1. The number of hydrogen-bond donors (Lipinski definition) is 3. The second-order valence-electron chi connectivity index (χ2n) is 4.51. The summed E-state index contributed by atoms with van der Waals surface area (Å²) in [7, 11) is 0. The molecule has 2 atom stereocenters. The Morgan fingerprint density at radius 1 is 1.63 bits per heavy atom. The van der Waals surface area contributed by atoms with Gasteiger partial charge in [0.05, 0.1) is 18.1 Å². The van der Waals surface area contributed by atoms with E-state index in [4.69, 9.17) is 15.6 Å². The number of fused-ring (bicyclic) bond motifs is 1. The van der Waals surface area contributed by atoms with E-state index in [9.17, 15) is 4.79 Å². The van der Waals surface area contributed by atoms with E-state index in [1.807, 2.05) is 10.8 Å². The summed E-state index contributed by atoms with van der Waals surface area (Å²) < 4.78 is 8.34. The number of nitrogen functional groups attached to an aromatic ring is 1. The standard InChI is InChI=1S/C11H13IN4O3/c12-6-3-16(7-2-1-5(4-17)19-7)9-8(6)10(18)15-11(13)14-9/h3,5,7,17H,1-2,4H2,(H3,13,14,15,18)/t5-,7+/m0/s1. The van der Waals surface area contributed by atoms with Crippen LogP contribution in [0.5, 0.6) is 0 Å². The number of aliphatic hydroxyl groups excluding tert-OH is 1. The van der Waals surface area contributed by atoms with E-state index in [2.05, 4.69) is 32.6 Å².